The molecule has 0 saturated heterocycles. The largest absolute Gasteiger partial charge is 0.472 e. The molecule has 0 aliphatic heterocycles. The quantitative estimate of drug-likeness (QED) is 0.0264. The number of carbonyl (C=O) groups is 2. The van der Waals surface area contributed by atoms with Gasteiger partial charge in [0.25, 0.3) is 0 Å². The highest BCUT2D eigenvalue weighted by Gasteiger charge is 2.26. The van der Waals surface area contributed by atoms with E-state index in [2.05, 4.69) is 111 Å². The second kappa shape index (κ2) is 70.0. The molecule has 0 spiro atoms. The van der Waals surface area contributed by atoms with Crippen LogP contribution in [0.25, 0.3) is 0 Å². The lowest BCUT2D eigenvalue weighted by molar-refractivity contribution is -0.161. The van der Waals surface area contributed by atoms with Gasteiger partial charge in [0.15, 0.2) is 6.10 Å². The molecule has 0 bridgehead atoms. The van der Waals surface area contributed by atoms with E-state index < -0.39 is 26.5 Å². The van der Waals surface area contributed by atoms with Crippen LogP contribution in [0.1, 0.15) is 335 Å². The second-order valence-electron chi connectivity index (χ2n) is 23.7. The summed E-state index contributed by atoms with van der Waals surface area (Å²) < 4.78 is 33.2. The third kappa shape index (κ3) is 69.9. The van der Waals surface area contributed by atoms with Gasteiger partial charge in [0, 0.05) is 19.4 Å². The topological polar surface area (TPSA) is 134 Å². The van der Waals surface area contributed by atoms with Crippen molar-refractivity contribution in [2.45, 2.75) is 341 Å². The molecule has 10 heteroatoms. The van der Waals surface area contributed by atoms with Crippen LogP contribution >= 0.6 is 7.82 Å². The molecule has 0 heterocycles. The van der Waals surface area contributed by atoms with Crippen molar-refractivity contribution in [1.82, 2.24) is 0 Å². The van der Waals surface area contributed by atoms with E-state index in [0.29, 0.717) is 6.42 Å². The van der Waals surface area contributed by atoms with Gasteiger partial charge in [0.2, 0.25) is 0 Å². The molecule has 2 unspecified atom stereocenters. The van der Waals surface area contributed by atoms with Gasteiger partial charge in [-0.2, -0.15) is 0 Å². The van der Waals surface area contributed by atoms with E-state index in [9.17, 15) is 19.0 Å². The third-order valence-corrected chi connectivity index (χ3v) is 16.4. The fourth-order valence-corrected chi connectivity index (χ4v) is 11.0. The Morgan fingerprint density at radius 2 is 0.647 bits per heavy atom. The Morgan fingerprint density at radius 1 is 0.365 bits per heavy atom. The predicted molar refractivity (Wildman–Crippen MR) is 367 cm³/mol. The first-order valence-electron chi connectivity index (χ1n) is 35.7. The van der Waals surface area contributed by atoms with Gasteiger partial charge in [-0.25, -0.2) is 4.57 Å². The molecule has 2 atom stereocenters. The molecule has 0 radical (unpaired) electrons. The van der Waals surface area contributed by atoms with E-state index in [1.165, 1.54) is 218 Å². The second-order valence-corrected chi connectivity index (χ2v) is 25.2. The van der Waals surface area contributed by atoms with Crippen LogP contribution < -0.4 is 5.73 Å². The minimum Gasteiger partial charge on any atom is -0.462 e. The highest BCUT2D eigenvalue weighted by molar-refractivity contribution is 7.47. The molecule has 0 amide bonds. The standard InChI is InChI=1S/C75H134NO8P/c1-3-5-7-9-11-13-15-17-19-21-23-25-27-29-31-33-34-35-36-37-38-40-42-44-46-48-50-52-54-56-58-60-62-64-66-68-75(78)84-73(72-83-85(79,80)82-70-69-76)71-81-74(77)67-65-63-61-59-57-55-53-51-49-47-45-43-41-39-32-30-28-26-24-22-20-18-16-14-12-10-8-6-4-2/h5,7,11,13,16-19,22-25,28-31,73H,3-4,6,8-10,12,14-15,20-21,26-27,32-72,76H2,1-2H3,(H,79,80)/b7-5-,13-11-,18-16-,19-17-,24-22-,25-23-,30-28-,31-29-. The summed E-state index contributed by atoms with van der Waals surface area (Å²) in [7, 11) is -4.40. The first kappa shape index (κ1) is 81.9. The summed E-state index contributed by atoms with van der Waals surface area (Å²) in [6.07, 6.45) is 95.0. The Balaban J connectivity index is 3.85. The molecular weight excluding hydrogens is 1070 g/mol. The number of hydrogen-bond acceptors (Lipinski definition) is 8. The molecule has 492 valence electrons. The maximum Gasteiger partial charge on any atom is 0.472 e. The Morgan fingerprint density at radius 3 is 0.965 bits per heavy atom. The number of nitrogens with two attached hydrogens (primary N) is 1. The Labute approximate surface area is 525 Å². The Kier molecular flexibility index (Phi) is 67.5. The van der Waals surface area contributed by atoms with Gasteiger partial charge in [-0.3, -0.25) is 18.6 Å². The summed E-state index contributed by atoms with van der Waals surface area (Å²) >= 11 is 0. The van der Waals surface area contributed by atoms with Gasteiger partial charge in [-0.15, -0.1) is 0 Å². The number of allylic oxidation sites excluding steroid dienone is 16. The zero-order valence-electron chi connectivity index (χ0n) is 55.3. The molecule has 0 aromatic rings. The summed E-state index contributed by atoms with van der Waals surface area (Å²) in [4.78, 5) is 35.4. The van der Waals surface area contributed by atoms with Crippen molar-refractivity contribution >= 4 is 19.8 Å². The molecule has 0 aromatic heterocycles. The van der Waals surface area contributed by atoms with E-state index in [0.717, 1.165) is 83.5 Å². The highest BCUT2D eigenvalue weighted by atomic mass is 31.2. The van der Waals surface area contributed by atoms with E-state index in [1.807, 2.05) is 0 Å². The summed E-state index contributed by atoms with van der Waals surface area (Å²) in [5, 5.41) is 0. The minimum atomic E-state index is -4.40. The molecule has 0 saturated carbocycles. The highest BCUT2D eigenvalue weighted by Crippen LogP contribution is 2.43. The average Bonchev–Trinajstić information content (AvgIpc) is 3.52. The summed E-state index contributed by atoms with van der Waals surface area (Å²) in [6, 6.07) is 0. The van der Waals surface area contributed by atoms with Crippen molar-refractivity contribution in [3.63, 3.8) is 0 Å². The Hall–Kier alpha value is -3.07. The number of carbonyl (C=O) groups excluding carboxylic acids is 2. The van der Waals surface area contributed by atoms with Crippen LogP contribution in [0.2, 0.25) is 0 Å². The van der Waals surface area contributed by atoms with Crippen molar-refractivity contribution in [3.8, 4) is 0 Å². The van der Waals surface area contributed by atoms with Gasteiger partial charge >= 0.3 is 19.8 Å². The van der Waals surface area contributed by atoms with Crippen molar-refractivity contribution in [2.24, 2.45) is 5.73 Å². The predicted octanol–water partition coefficient (Wildman–Crippen LogP) is 23.5. The molecular formula is C75H134NO8P. The first-order chi connectivity index (χ1) is 41.8. The third-order valence-electron chi connectivity index (χ3n) is 15.5. The fraction of sp³-hybridized carbons (Fsp3) is 0.760. The number of unbranched alkanes of at least 4 members (excludes halogenated alkanes) is 38. The van der Waals surface area contributed by atoms with Gasteiger partial charge in [0.1, 0.15) is 6.61 Å². The zero-order chi connectivity index (χ0) is 61.6. The molecule has 0 aromatic carbocycles. The molecule has 0 fully saturated rings. The monoisotopic (exact) mass is 1210 g/mol. The lowest BCUT2D eigenvalue weighted by Gasteiger charge is -2.19. The lowest BCUT2D eigenvalue weighted by atomic mass is 10.0. The van der Waals surface area contributed by atoms with E-state index in [4.69, 9.17) is 24.3 Å². The van der Waals surface area contributed by atoms with Crippen LogP contribution in [0, 0.1) is 0 Å². The SMILES string of the molecule is CC/C=C\C/C=C\C/C=C\C/C=C\C/C=C\CCCCCCCCCCCCCCCCCCCCCC(=O)OC(COC(=O)CCCCCCCCCCCCCCCC/C=C\C/C=C\C/C=C\CCCCCCC)COP(=O)(O)OCCN. The van der Waals surface area contributed by atoms with Crippen LogP contribution in [0.3, 0.4) is 0 Å². The number of phosphoric ester groups is 1. The number of esters is 2. The first-order valence-corrected chi connectivity index (χ1v) is 37.2. The molecule has 85 heavy (non-hydrogen) atoms. The van der Waals surface area contributed by atoms with Crippen molar-refractivity contribution in [1.29, 1.82) is 0 Å². The number of phosphoric acid groups is 1. The smallest absolute Gasteiger partial charge is 0.462 e. The molecule has 0 aliphatic carbocycles. The van der Waals surface area contributed by atoms with Gasteiger partial charge in [-0.05, 0) is 96.3 Å². The van der Waals surface area contributed by atoms with Crippen LogP contribution in [-0.2, 0) is 32.7 Å². The molecule has 3 N–H and O–H groups in total. The fourth-order valence-electron chi connectivity index (χ4n) is 10.2. The Bertz CT molecular complexity index is 1720. The summed E-state index contributed by atoms with van der Waals surface area (Å²) in [5.41, 5.74) is 5.41. The van der Waals surface area contributed by atoms with Gasteiger partial charge in [0.05, 0.1) is 13.2 Å². The van der Waals surface area contributed by atoms with Crippen LogP contribution in [0.15, 0.2) is 97.2 Å². The van der Waals surface area contributed by atoms with Crippen molar-refractivity contribution in [3.05, 3.63) is 97.2 Å². The number of ether oxygens (including phenoxy) is 2. The van der Waals surface area contributed by atoms with E-state index in [1.54, 1.807) is 0 Å². The van der Waals surface area contributed by atoms with Gasteiger partial charge < -0.3 is 20.1 Å². The molecule has 0 aliphatic rings. The van der Waals surface area contributed by atoms with Gasteiger partial charge in [-0.1, -0.05) is 323 Å². The maximum absolute atomic E-state index is 12.8. The zero-order valence-corrected chi connectivity index (χ0v) is 56.2. The normalized spacial score (nSPS) is 13.5. The summed E-state index contributed by atoms with van der Waals surface area (Å²) in [6.45, 7) is 3.66. The molecule has 0 rings (SSSR count). The summed E-state index contributed by atoms with van der Waals surface area (Å²) in [5.74, 6) is -0.817. The van der Waals surface area contributed by atoms with Crippen LogP contribution in [0.5, 0.6) is 0 Å². The maximum atomic E-state index is 12.8. The van der Waals surface area contributed by atoms with Crippen LogP contribution in [0.4, 0.5) is 0 Å². The van der Waals surface area contributed by atoms with E-state index >= 15 is 0 Å². The minimum absolute atomic E-state index is 0.0519. The van der Waals surface area contributed by atoms with Crippen LogP contribution in [-0.4, -0.2) is 49.3 Å². The average molecular weight is 1210 g/mol. The number of hydrogen-bond donors (Lipinski definition) is 2. The lowest BCUT2D eigenvalue weighted by Crippen LogP contribution is -2.29. The number of rotatable bonds is 67. The van der Waals surface area contributed by atoms with Crippen molar-refractivity contribution in [2.75, 3.05) is 26.4 Å². The molecule has 9 nitrogen and oxygen atoms in total. The van der Waals surface area contributed by atoms with Crippen molar-refractivity contribution < 1.29 is 37.6 Å². The van der Waals surface area contributed by atoms with E-state index in [-0.39, 0.29) is 38.6 Å².